The lowest BCUT2D eigenvalue weighted by Gasteiger charge is -2.37. The van der Waals surface area contributed by atoms with Gasteiger partial charge in [0.15, 0.2) is 34.8 Å². The second-order valence-corrected chi connectivity index (χ2v) is 9.21. The van der Waals surface area contributed by atoms with Crippen molar-refractivity contribution < 1.29 is 0 Å². The summed E-state index contributed by atoms with van der Waals surface area (Å²) in [6, 6.07) is 31.2. The fraction of sp³-hybridized carbons (Fsp3) is 0.0312. The molecule has 0 bridgehead atoms. The molecule has 0 atom stereocenters. The molecule has 2 aromatic heterocycles. The Morgan fingerprint density at radius 2 is 1.27 bits per heavy atom. The Balaban J connectivity index is 1.65. The highest BCUT2D eigenvalue weighted by atomic mass is 15.4. The molecule has 0 spiro atoms. The summed E-state index contributed by atoms with van der Waals surface area (Å²) in [4.78, 5) is 25.2. The molecule has 0 amide bonds. The summed E-state index contributed by atoms with van der Waals surface area (Å²) in [7, 11) is 1.93. The van der Waals surface area contributed by atoms with Crippen LogP contribution in [0.15, 0.2) is 104 Å². The summed E-state index contributed by atoms with van der Waals surface area (Å²) in [6.07, 6.45) is 1.66. The fourth-order valence-electron chi connectivity index (χ4n) is 4.71. The van der Waals surface area contributed by atoms with Crippen LogP contribution in [0.1, 0.15) is 17.1 Å². The predicted molar refractivity (Wildman–Crippen MR) is 164 cm³/mol. The first kappa shape index (κ1) is 25.3. The third-order valence-electron chi connectivity index (χ3n) is 6.77. The number of rotatable bonds is 6. The molecule has 0 saturated heterocycles. The normalized spacial score (nSPS) is 11.7. The largest absolute Gasteiger partial charge is 0.381 e. The molecule has 9 heteroatoms. The van der Waals surface area contributed by atoms with Gasteiger partial charge in [-0.15, -0.1) is 0 Å². The van der Waals surface area contributed by atoms with Gasteiger partial charge in [0, 0.05) is 24.1 Å². The van der Waals surface area contributed by atoms with E-state index in [0.717, 1.165) is 17.1 Å². The number of benzene rings is 3. The first-order valence-electron chi connectivity index (χ1n) is 12.8. The molecule has 0 unspecified atom stereocenters. The van der Waals surface area contributed by atoms with Crippen molar-refractivity contribution >= 4 is 57.9 Å². The lowest BCUT2D eigenvalue weighted by atomic mass is 10.1. The van der Waals surface area contributed by atoms with Gasteiger partial charge in [0.25, 0.3) is 0 Å². The lowest BCUT2D eigenvalue weighted by molar-refractivity contribution is 0.973. The average Bonchev–Trinajstić information content (AvgIpc) is 3.03. The third-order valence-corrected chi connectivity index (χ3v) is 6.77. The maximum Gasteiger partial charge on any atom is 0.185 e. The van der Waals surface area contributed by atoms with E-state index >= 15 is 0 Å². The van der Waals surface area contributed by atoms with E-state index in [9.17, 15) is 5.26 Å². The summed E-state index contributed by atoms with van der Waals surface area (Å²) in [5.74, 6) is 1.82. The molecule has 1 aliphatic heterocycles. The molecular weight excluding hydrogens is 510 g/mol. The quantitative estimate of drug-likeness (QED) is 0.248. The topological polar surface area (TPSA) is 111 Å². The maximum atomic E-state index is 9.79. The van der Waals surface area contributed by atoms with Gasteiger partial charge in [-0.05, 0) is 42.5 Å². The first-order chi connectivity index (χ1) is 20.0. The number of hydrogen-bond donors (Lipinski definition) is 1. The van der Waals surface area contributed by atoms with Crippen LogP contribution in [0.25, 0.3) is 11.8 Å². The Morgan fingerprint density at radius 3 is 1.80 bits per heavy atom. The van der Waals surface area contributed by atoms with Crippen LogP contribution in [-0.2, 0) is 0 Å². The van der Waals surface area contributed by atoms with Crippen LogP contribution in [0.5, 0.6) is 0 Å². The van der Waals surface area contributed by atoms with E-state index in [4.69, 9.17) is 15.7 Å². The van der Waals surface area contributed by atoms with E-state index in [1.807, 2.05) is 113 Å². The van der Waals surface area contributed by atoms with E-state index in [0.29, 0.717) is 40.4 Å². The Kier molecular flexibility index (Phi) is 6.34. The molecule has 0 fully saturated rings. The van der Waals surface area contributed by atoms with Crippen molar-refractivity contribution in [2.75, 3.05) is 27.5 Å². The first-order valence-corrected chi connectivity index (χ1v) is 12.8. The van der Waals surface area contributed by atoms with E-state index < -0.39 is 0 Å². The SMILES string of the molecule is C=Cc1nc2c(nc1C(=C)N(C)c1ccccc1)N(c1ccccc1)c1nc(C#N)c(N)nc1N2c1ccccc1. The zero-order valence-electron chi connectivity index (χ0n) is 22.3. The number of hydrogen-bond acceptors (Lipinski definition) is 9. The Bertz CT molecular complexity index is 1810. The molecule has 6 rings (SSSR count). The predicted octanol–water partition coefficient (Wildman–Crippen LogP) is 6.72. The summed E-state index contributed by atoms with van der Waals surface area (Å²) in [6.45, 7) is 8.41. The van der Waals surface area contributed by atoms with Crippen LogP contribution in [0.3, 0.4) is 0 Å². The molecule has 3 aromatic carbocycles. The summed E-state index contributed by atoms with van der Waals surface area (Å²) in [5, 5.41) is 9.79. The number of nitriles is 1. The Labute approximate surface area is 237 Å². The van der Waals surface area contributed by atoms with Gasteiger partial charge in [0.1, 0.15) is 11.8 Å². The summed E-state index contributed by atoms with van der Waals surface area (Å²) in [5.41, 5.74) is 10.4. The molecule has 198 valence electrons. The van der Waals surface area contributed by atoms with Crippen LogP contribution in [0.4, 0.5) is 46.2 Å². The van der Waals surface area contributed by atoms with Crippen molar-refractivity contribution in [2.24, 2.45) is 0 Å². The lowest BCUT2D eigenvalue weighted by Crippen LogP contribution is -2.30. The zero-order chi connectivity index (χ0) is 28.5. The molecule has 5 aromatic rings. The fourth-order valence-corrected chi connectivity index (χ4v) is 4.71. The number of aromatic nitrogens is 4. The number of para-hydroxylation sites is 3. The second kappa shape index (κ2) is 10.3. The molecule has 0 radical (unpaired) electrons. The second-order valence-electron chi connectivity index (χ2n) is 9.21. The molecule has 41 heavy (non-hydrogen) atoms. The van der Waals surface area contributed by atoms with Gasteiger partial charge < -0.3 is 10.6 Å². The summed E-state index contributed by atoms with van der Waals surface area (Å²) < 4.78 is 0. The highest BCUT2D eigenvalue weighted by Gasteiger charge is 2.37. The van der Waals surface area contributed by atoms with E-state index in [-0.39, 0.29) is 11.5 Å². The molecule has 0 saturated carbocycles. The minimum absolute atomic E-state index is 0.0188. The number of fused-ring (bicyclic) bond motifs is 2. The van der Waals surface area contributed by atoms with E-state index in [2.05, 4.69) is 29.2 Å². The monoisotopic (exact) mass is 535 g/mol. The highest BCUT2D eigenvalue weighted by molar-refractivity contribution is 5.97. The van der Waals surface area contributed by atoms with Crippen molar-refractivity contribution in [3.05, 3.63) is 121 Å². The number of nitrogen functional groups attached to an aromatic ring is 1. The smallest absolute Gasteiger partial charge is 0.185 e. The van der Waals surface area contributed by atoms with Crippen molar-refractivity contribution in [2.45, 2.75) is 0 Å². The van der Waals surface area contributed by atoms with Crippen molar-refractivity contribution in [3.63, 3.8) is 0 Å². The van der Waals surface area contributed by atoms with Crippen LogP contribution >= 0.6 is 0 Å². The number of nitrogens with two attached hydrogens (primary N) is 1. The minimum atomic E-state index is 0.0188. The molecule has 2 N–H and O–H groups in total. The maximum absolute atomic E-state index is 9.79. The number of nitrogens with zero attached hydrogens (tertiary/aromatic N) is 8. The molecule has 0 aliphatic carbocycles. The van der Waals surface area contributed by atoms with Gasteiger partial charge in [-0.2, -0.15) is 5.26 Å². The van der Waals surface area contributed by atoms with Gasteiger partial charge in [0.05, 0.1) is 11.4 Å². The third kappa shape index (κ3) is 4.30. The molecule has 1 aliphatic rings. The van der Waals surface area contributed by atoms with Crippen LogP contribution in [-0.4, -0.2) is 27.0 Å². The van der Waals surface area contributed by atoms with Gasteiger partial charge in [-0.1, -0.05) is 67.8 Å². The van der Waals surface area contributed by atoms with Gasteiger partial charge >= 0.3 is 0 Å². The Morgan fingerprint density at radius 1 is 0.780 bits per heavy atom. The van der Waals surface area contributed by atoms with Crippen LogP contribution < -0.4 is 20.4 Å². The van der Waals surface area contributed by atoms with Crippen molar-refractivity contribution in [3.8, 4) is 6.07 Å². The zero-order valence-corrected chi connectivity index (χ0v) is 22.3. The summed E-state index contributed by atoms with van der Waals surface area (Å²) >= 11 is 0. The van der Waals surface area contributed by atoms with Gasteiger partial charge in [0.2, 0.25) is 0 Å². The van der Waals surface area contributed by atoms with E-state index in [1.165, 1.54) is 0 Å². The highest BCUT2D eigenvalue weighted by Crippen LogP contribution is 2.51. The minimum Gasteiger partial charge on any atom is -0.381 e. The van der Waals surface area contributed by atoms with Crippen LogP contribution in [0.2, 0.25) is 0 Å². The standard InChI is InChI=1S/C32H25N9/c1-4-25-27(21(2)39(3)22-14-8-5-9-15-22)37-31-29(35-25)41(24-18-12-7-13-19-24)32-30(36-26(20-33)28(34)38-32)40(31)23-16-10-6-11-17-23/h4-19H,1-2H2,3H3,(H2,34,38). The van der Waals surface area contributed by atoms with Crippen molar-refractivity contribution in [1.82, 2.24) is 19.9 Å². The van der Waals surface area contributed by atoms with E-state index in [1.54, 1.807) is 6.08 Å². The molecular formula is C32H25N9. The molecule has 3 heterocycles. The van der Waals surface area contributed by atoms with Gasteiger partial charge in [-0.25, -0.2) is 19.9 Å². The Hall–Kier alpha value is -6.01. The average molecular weight is 536 g/mol. The van der Waals surface area contributed by atoms with Gasteiger partial charge in [-0.3, -0.25) is 9.80 Å². The van der Waals surface area contributed by atoms with Crippen molar-refractivity contribution in [1.29, 1.82) is 5.26 Å². The molecule has 9 nitrogen and oxygen atoms in total. The number of anilines is 8. The van der Waals surface area contributed by atoms with Crippen LogP contribution in [0, 0.1) is 11.3 Å².